The number of ether oxygens (including phenoxy) is 2. The van der Waals surface area contributed by atoms with E-state index in [1.807, 2.05) is 115 Å². The van der Waals surface area contributed by atoms with E-state index in [4.69, 9.17) is 9.47 Å². The first-order valence-corrected chi connectivity index (χ1v) is 15.7. The summed E-state index contributed by atoms with van der Waals surface area (Å²) >= 11 is 0. The van der Waals surface area contributed by atoms with Crippen LogP contribution in [0.2, 0.25) is 0 Å². The van der Waals surface area contributed by atoms with E-state index in [0.29, 0.717) is 23.0 Å². The van der Waals surface area contributed by atoms with E-state index in [2.05, 4.69) is 36.4 Å². The maximum atomic E-state index is 15.2. The van der Waals surface area contributed by atoms with Gasteiger partial charge in [0.15, 0.2) is 30.1 Å². The first-order valence-electron chi connectivity index (χ1n) is 13.9. The highest BCUT2D eigenvalue weighted by molar-refractivity contribution is 7.85. The zero-order valence-electron chi connectivity index (χ0n) is 22.6. The minimum Gasteiger partial charge on any atom is -0.449 e. The third kappa shape index (κ3) is 3.94. The van der Waals surface area contributed by atoms with Crippen molar-refractivity contribution in [1.82, 2.24) is 0 Å². The summed E-state index contributed by atoms with van der Waals surface area (Å²) in [6.45, 7) is 0. The average molecular weight is 561 g/mol. The Labute approximate surface area is 244 Å². The second-order valence-electron chi connectivity index (χ2n) is 10.5. The molecule has 0 aliphatic carbocycles. The molecule has 0 bridgehead atoms. The third-order valence-corrected chi connectivity index (χ3v) is 11.1. The summed E-state index contributed by atoms with van der Waals surface area (Å²) in [5, 5.41) is 6.68. The Morgan fingerprint density at radius 3 is 1.60 bits per heavy atom. The van der Waals surface area contributed by atoms with Crippen molar-refractivity contribution in [1.29, 1.82) is 0 Å². The molecule has 0 saturated carbocycles. The summed E-state index contributed by atoms with van der Waals surface area (Å²) in [6.07, 6.45) is 0. The van der Waals surface area contributed by atoms with Crippen molar-refractivity contribution in [3.05, 3.63) is 152 Å². The lowest BCUT2D eigenvalue weighted by Gasteiger charge is -2.23. The molecule has 0 radical (unpaired) electrons. The number of fused-ring (bicyclic) bond motifs is 4. The maximum absolute atomic E-state index is 15.2. The molecule has 0 amide bonds. The van der Waals surface area contributed by atoms with Crippen molar-refractivity contribution in [2.45, 2.75) is 0 Å². The van der Waals surface area contributed by atoms with Crippen LogP contribution in [0, 0.1) is 0 Å². The summed E-state index contributed by atoms with van der Waals surface area (Å²) in [5.41, 5.74) is 2.04. The molecule has 0 aromatic heterocycles. The summed E-state index contributed by atoms with van der Waals surface area (Å²) in [5.74, 6) is 2.76. The predicted octanol–water partition coefficient (Wildman–Crippen LogP) is 9.20. The molecule has 7 aromatic carbocycles. The zero-order chi connectivity index (χ0) is 28.1. The van der Waals surface area contributed by atoms with Crippen LogP contribution < -0.4 is 25.4 Å². The Morgan fingerprint density at radius 2 is 0.952 bits per heavy atom. The van der Waals surface area contributed by atoms with Crippen LogP contribution in [0.3, 0.4) is 0 Å². The van der Waals surface area contributed by atoms with E-state index in [1.54, 1.807) is 0 Å². The average Bonchev–Trinajstić information content (AvgIpc) is 3.06. The first-order chi connectivity index (χ1) is 20.7. The van der Waals surface area contributed by atoms with E-state index < -0.39 is 7.14 Å². The van der Waals surface area contributed by atoms with Crippen LogP contribution in [0.4, 0.5) is 0 Å². The standard InChI is InChI=1S/C38H25O3P/c39-42(29-13-3-1-4-14-29,30-15-5-2-6-16-30)38-22-20-31(32-17-9-10-18-33(32)38)28-19-21-34-35(25-28)41-37-24-27-12-8-7-11-26(27)23-36(37)40-34/h1-25H. The Morgan fingerprint density at radius 1 is 0.429 bits per heavy atom. The van der Waals surface area contributed by atoms with Crippen molar-refractivity contribution in [3.63, 3.8) is 0 Å². The lowest BCUT2D eigenvalue weighted by Crippen LogP contribution is -2.25. The van der Waals surface area contributed by atoms with Gasteiger partial charge >= 0.3 is 0 Å². The molecule has 0 unspecified atom stereocenters. The number of hydrogen-bond acceptors (Lipinski definition) is 3. The fraction of sp³-hybridized carbons (Fsp3) is 0. The van der Waals surface area contributed by atoms with Crippen molar-refractivity contribution < 1.29 is 14.0 Å². The van der Waals surface area contributed by atoms with E-state index in [0.717, 1.165) is 48.6 Å². The van der Waals surface area contributed by atoms with Gasteiger partial charge in [-0.1, -0.05) is 121 Å². The monoisotopic (exact) mass is 560 g/mol. The topological polar surface area (TPSA) is 35.5 Å². The lowest BCUT2D eigenvalue weighted by molar-refractivity contribution is 0.360. The van der Waals surface area contributed by atoms with Crippen molar-refractivity contribution in [2.24, 2.45) is 0 Å². The highest BCUT2D eigenvalue weighted by Crippen LogP contribution is 2.49. The van der Waals surface area contributed by atoms with Gasteiger partial charge in [0, 0.05) is 15.9 Å². The molecule has 0 atom stereocenters. The Bertz CT molecular complexity index is 2130. The maximum Gasteiger partial charge on any atom is 0.171 e. The Balaban J connectivity index is 1.27. The molecule has 0 N–H and O–H groups in total. The quantitative estimate of drug-likeness (QED) is 0.201. The van der Waals surface area contributed by atoms with Crippen LogP contribution in [-0.4, -0.2) is 0 Å². The smallest absolute Gasteiger partial charge is 0.171 e. The summed E-state index contributed by atoms with van der Waals surface area (Å²) < 4.78 is 27.9. The molecule has 8 rings (SSSR count). The van der Waals surface area contributed by atoms with Crippen molar-refractivity contribution >= 4 is 44.6 Å². The lowest BCUT2D eigenvalue weighted by atomic mass is 9.98. The summed E-state index contributed by atoms with van der Waals surface area (Å²) in [7, 11) is -3.15. The van der Waals surface area contributed by atoms with E-state index in [9.17, 15) is 0 Å². The molecular weight excluding hydrogens is 535 g/mol. The fourth-order valence-corrected chi connectivity index (χ4v) is 8.80. The molecule has 3 nitrogen and oxygen atoms in total. The molecule has 1 heterocycles. The molecule has 0 spiro atoms. The molecule has 0 fully saturated rings. The zero-order valence-corrected chi connectivity index (χ0v) is 23.5. The largest absolute Gasteiger partial charge is 0.449 e. The van der Waals surface area contributed by atoms with Crippen LogP contribution in [0.5, 0.6) is 23.0 Å². The van der Waals surface area contributed by atoms with Crippen LogP contribution >= 0.6 is 7.14 Å². The van der Waals surface area contributed by atoms with E-state index in [1.165, 1.54) is 0 Å². The van der Waals surface area contributed by atoms with Gasteiger partial charge in [-0.2, -0.15) is 0 Å². The molecule has 1 aliphatic rings. The minimum atomic E-state index is -3.15. The summed E-state index contributed by atoms with van der Waals surface area (Å²) in [4.78, 5) is 0. The van der Waals surface area contributed by atoms with Gasteiger partial charge in [0.25, 0.3) is 0 Å². The molecule has 1 aliphatic heterocycles. The minimum absolute atomic E-state index is 0.669. The second-order valence-corrected chi connectivity index (χ2v) is 13.2. The van der Waals surface area contributed by atoms with Gasteiger partial charge in [-0.15, -0.1) is 0 Å². The van der Waals surface area contributed by atoms with Gasteiger partial charge in [0.05, 0.1) is 0 Å². The van der Waals surface area contributed by atoms with Gasteiger partial charge < -0.3 is 14.0 Å². The number of benzene rings is 7. The van der Waals surface area contributed by atoms with Gasteiger partial charge in [0.1, 0.15) is 0 Å². The highest BCUT2D eigenvalue weighted by atomic mass is 31.2. The van der Waals surface area contributed by atoms with Crippen LogP contribution in [0.15, 0.2) is 152 Å². The molecule has 4 heteroatoms. The first kappa shape index (κ1) is 24.7. The Kier molecular flexibility index (Phi) is 5.73. The molecular formula is C38H25O3P. The van der Waals surface area contributed by atoms with Crippen LogP contribution in [0.25, 0.3) is 32.7 Å². The van der Waals surface area contributed by atoms with Crippen molar-refractivity contribution in [2.75, 3.05) is 0 Å². The van der Waals surface area contributed by atoms with Gasteiger partial charge in [-0.05, 0) is 63.0 Å². The SMILES string of the molecule is O=P(c1ccccc1)(c1ccccc1)c1ccc(-c2ccc3c(c2)Oc2cc4ccccc4cc2O3)c2ccccc12. The molecule has 7 aromatic rings. The molecule has 42 heavy (non-hydrogen) atoms. The molecule has 0 saturated heterocycles. The molecule has 200 valence electrons. The summed E-state index contributed by atoms with van der Waals surface area (Å²) in [6, 6.07) is 50.3. The number of hydrogen-bond donors (Lipinski definition) is 0. The fourth-order valence-electron chi connectivity index (χ4n) is 5.95. The van der Waals surface area contributed by atoms with E-state index in [-0.39, 0.29) is 0 Å². The number of rotatable bonds is 4. The normalized spacial score (nSPS) is 12.3. The van der Waals surface area contributed by atoms with Gasteiger partial charge in [0.2, 0.25) is 0 Å². The van der Waals surface area contributed by atoms with Crippen molar-refractivity contribution in [3.8, 4) is 34.1 Å². The second kappa shape index (κ2) is 9.76. The van der Waals surface area contributed by atoms with Gasteiger partial charge in [-0.25, -0.2) is 0 Å². The van der Waals surface area contributed by atoms with Crippen LogP contribution in [-0.2, 0) is 4.57 Å². The van der Waals surface area contributed by atoms with Gasteiger partial charge in [-0.3, -0.25) is 0 Å². The Hall–Kier alpha value is -5.11. The third-order valence-electron chi connectivity index (χ3n) is 7.99. The van der Waals surface area contributed by atoms with Crippen LogP contribution in [0.1, 0.15) is 0 Å². The van der Waals surface area contributed by atoms with E-state index >= 15 is 4.57 Å². The predicted molar refractivity (Wildman–Crippen MR) is 173 cm³/mol. The highest BCUT2D eigenvalue weighted by Gasteiger charge is 2.31.